The van der Waals surface area contributed by atoms with Gasteiger partial charge >= 0.3 is 0 Å². The number of benzene rings is 4. The number of fused-ring (bicyclic) bond motifs is 6. The average Bonchev–Trinajstić information content (AvgIpc) is 2.98. The first-order valence-corrected chi connectivity index (χ1v) is 8.60. The maximum absolute atomic E-state index is 6.16. The minimum Gasteiger partial charge on any atom is -0.456 e. The lowest BCUT2D eigenvalue weighted by molar-refractivity contribution is 0.668. The summed E-state index contributed by atoms with van der Waals surface area (Å²) in [6.07, 6.45) is 2.25. The van der Waals surface area contributed by atoms with Gasteiger partial charge in [0.25, 0.3) is 0 Å². The number of rotatable bonds is 2. The second kappa shape index (κ2) is 5.10. The van der Waals surface area contributed by atoms with Gasteiger partial charge in [0.05, 0.1) is 0 Å². The molecule has 1 nitrogen and oxygen atoms in total. The van der Waals surface area contributed by atoms with Gasteiger partial charge in [-0.05, 0) is 57.8 Å². The Morgan fingerprint density at radius 3 is 2.38 bits per heavy atom. The third-order valence-corrected chi connectivity index (χ3v) is 4.92. The van der Waals surface area contributed by atoms with Crippen molar-refractivity contribution in [2.24, 2.45) is 0 Å². The Bertz CT molecular complexity index is 1210. The van der Waals surface area contributed by atoms with Crippen molar-refractivity contribution in [3.05, 3.63) is 72.3 Å². The van der Waals surface area contributed by atoms with Crippen LogP contribution in [0.2, 0.25) is 0 Å². The van der Waals surface area contributed by atoms with Gasteiger partial charge in [-0.25, -0.2) is 0 Å². The van der Waals surface area contributed by atoms with Gasteiger partial charge in [-0.2, -0.15) is 0 Å². The van der Waals surface area contributed by atoms with Crippen molar-refractivity contribution >= 4 is 43.5 Å². The lowest BCUT2D eigenvalue weighted by atomic mass is 9.99. The zero-order chi connectivity index (χ0) is 16.1. The fourth-order valence-corrected chi connectivity index (χ4v) is 3.78. The second-order valence-electron chi connectivity index (χ2n) is 6.54. The molecule has 0 N–H and O–H groups in total. The van der Waals surface area contributed by atoms with Crippen LogP contribution in [0.1, 0.15) is 18.9 Å². The van der Waals surface area contributed by atoms with E-state index in [1.165, 1.54) is 37.9 Å². The van der Waals surface area contributed by atoms with Crippen LogP contribution in [0.15, 0.2) is 71.1 Å². The summed E-state index contributed by atoms with van der Waals surface area (Å²) in [5.74, 6) is 0. The molecule has 5 aromatic rings. The lowest BCUT2D eigenvalue weighted by Gasteiger charge is -2.03. The third kappa shape index (κ3) is 1.94. The first kappa shape index (κ1) is 13.6. The summed E-state index contributed by atoms with van der Waals surface area (Å²) in [7, 11) is 0. The molecule has 0 saturated heterocycles. The quantitative estimate of drug-likeness (QED) is 0.325. The molecule has 0 radical (unpaired) electrons. The topological polar surface area (TPSA) is 13.1 Å². The zero-order valence-electron chi connectivity index (χ0n) is 13.7. The Morgan fingerprint density at radius 1 is 0.708 bits per heavy atom. The van der Waals surface area contributed by atoms with E-state index in [1.807, 2.05) is 0 Å². The van der Waals surface area contributed by atoms with Gasteiger partial charge in [0.2, 0.25) is 0 Å². The number of aryl methyl sites for hydroxylation is 1. The molecule has 0 atom stereocenters. The molecule has 0 aliphatic heterocycles. The van der Waals surface area contributed by atoms with Crippen molar-refractivity contribution in [2.45, 2.75) is 19.8 Å². The molecule has 0 unspecified atom stereocenters. The number of furan rings is 1. The molecule has 1 heteroatoms. The molecule has 5 rings (SSSR count). The lowest BCUT2D eigenvalue weighted by Crippen LogP contribution is -1.81. The Morgan fingerprint density at radius 2 is 1.54 bits per heavy atom. The SMILES string of the molecule is CCCc1ccc2c(c1)oc1ccc3cc4ccccc4cc3c12. The number of hydrogen-bond donors (Lipinski definition) is 0. The molecule has 1 aromatic heterocycles. The van der Waals surface area contributed by atoms with E-state index in [4.69, 9.17) is 4.42 Å². The van der Waals surface area contributed by atoms with Crippen molar-refractivity contribution in [1.29, 1.82) is 0 Å². The van der Waals surface area contributed by atoms with E-state index < -0.39 is 0 Å². The first-order chi connectivity index (χ1) is 11.8. The smallest absolute Gasteiger partial charge is 0.136 e. The van der Waals surface area contributed by atoms with E-state index in [9.17, 15) is 0 Å². The van der Waals surface area contributed by atoms with Crippen molar-refractivity contribution in [3.8, 4) is 0 Å². The van der Waals surface area contributed by atoms with Crippen LogP contribution in [0.3, 0.4) is 0 Å². The van der Waals surface area contributed by atoms with Crippen LogP contribution in [0.5, 0.6) is 0 Å². The van der Waals surface area contributed by atoms with Gasteiger partial charge in [-0.3, -0.25) is 0 Å². The Labute approximate surface area is 140 Å². The molecule has 0 aliphatic carbocycles. The van der Waals surface area contributed by atoms with Gasteiger partial charge in [0, 0.05) is 10.8 Å². The Kier molecular flexibility index (Phi) is 2.90. The fourth-order valence-electron chi connectivity index (χ4n) is 3.78. The second-order valence-corrected chi connectivity index (χ2v) is 6.54. The maximum atomic E-state index is 6.16. The molecule has 0 spiro atoms. The minimum atomic E-state index is 0.974. The van der Waals surface area contributed by atoms with Crippen LogP contribution in [0, 0.1) is 0 Å². The summed E-state index contributed by atoms with van der Waals surface area (Å²) in [6.45, 7) is 2.21. The highest BCUT2D eigenvalue weighted by Gasteiger charge is 2.11. The van der Waals surface area contributed by atoms with Crippen molar-refractivity contribution in [1.82, 2.24) is 0 Å². The van der Waals surface area contributed by atoms with E-state index in [-0.39, 0.29) is 0 Å². The molecule has 0 amide bonds. The average molecular weight is 310 g/mol. The first-order valence-electron chi connectivity index (χ1n) is 8.60. The molecule has 4 aromatic carbocycles. The monoisotopic (exact) mass is 310 g/mol. The molecule has 24 heavy (non-hydrogen) atoms. The van der Waals surface area contributed by atoms with Crippen LogP contribution in [-0.4, -0.2) is 0 Å². The van der Waals surface area contributed by atoms with Crippen molar-refractivity contribution < 1.29 is 4.42 Å². The molecular formula is C23H18O. The maximum Gasteiger partial charge on any atom is 0.136 e. The van der Waals surface area contributed by atoms with E-state index in [2.05, 4.69) is 73.7 Å². The highest BCUT2D eigenvalue weighted by atomic mass is 16.3. The van der Waals surface area contributed by atoms with Crippen LogP contribution in [-0.2, 0) is 6.42 Å². The summed E-state index contributed by atoms with van der Waals surface area (Å²) < 4.78 is 6.16. The normalized spacial score (nSPS) is 11.9. The predicted molar refractivity (Wildman–Crippen MR) is 103 cm³/mol. The van der Waals surface area contributed by atoms with Gasteiger partial charge < -0.3 is 4.42 Å². The Hall–Kier alpha value is -2.80. The molecule has 1 heterocycles. The number of hydrogen-bond acceptors (Lipinski definition) is 1. The predicted octanol–water partition coefficient (Wildman–Crippen LogP) is 6.84. The van der Waals surface area contributed by atoms with Crippen LogP contribution in [0.4, 0.5) is 0 Å². The molecular weight excluding hydrogens is 292 g/mol. The van der Waals surface area contributed by atoms with E-state index in [0.717, 1.165) is 24.0 Å². The summed E-state index contributed by atoms with van der Waals surface area (Å²) in [4.78, 5) is 0. The summed E-state index contributed by atoms with van der Waals surface area (Å²) in [6, 6.07) is 24.0. The molecule has 0 fully saturated rings. The third-order valence-electron chi connectivity index (χ3n) is 4.92. The van der Waals surface area contributed by atoms with Crippen LogP contribution < -0.4 is 0 Å². The summed E-state index contributed by atoms with van der Waals surface area (Å²) in [5.41, 5.74) is 3.32. The van der Waals surface area contributed by atoms with E-state index in [0.29, 0.717) is 0 Å². The van der Waals surface area contributed by atoms with Crippen molar-refractivity contribution in [3.63, 3.8) is 0 Å². The highest BCUT2D eigenvalue weighted by Crippen LogP contribution is 2.36. The van der Waals surface area contributed by atoms with Crippen LogP contribution in [0.25, 0.3) is 43.5 Å². The van der Waals surface area contributed by atoms with E-state index in [1.54, 1.807) is 0 Å². The highest BCUT2D eigenvalue weighted by molar-refractivity contribution is 6.20. The largest absolute Gasteiger partial charge is 0.456 e. The minimum absolute atomic E-state index is 0.974. The van der Waals surface area contributed by atoms with Crippen molar-refractivity contribution in [2.75, 3.05) is 0 Å². The standard InChI is InChI=1S/C23H18O/c1-2-5-15-8-10-19-22(12-15)24-21-11-9-18-13-16-6-3-4-7-17(16)14-20(18)23(19)21/h3-4,6-14H,2,5H2,1H3. The summed E-state index contributed by atoms with van der Waals surface area (Å²) in [5, 5.41) is 7.54. The molecule has 0 bridgehead atoms. The summed E-state index contributed by atoms with van der Waals surface area (Å²) >= 11 is 0. The molecule has 0 aliphatic rings. The van der Waals surface area contributed by atoms with Crippen LogP contribution >= 0.6 is 0 Å². The van der Waals surface area contributed by atoms with Gasteiger partial charge in [-0.15, -0.1) is 0 Å². The fraction of sp³-hybridized carbons (Fsp3) is 0.130. The van der Waals surface area contributed by atoms with E-state index >= 15 is 0 Å². The van der Waals surface area contributed by atoms with Gasteiger partial charge in [0.15, 0.2) is 0 Å². The van der Waals surface area contributed by atoms with Gasteiger partial charge in [0.1, 0.15) is 11.2 Å². The molecule has 116 valence electrons. The Balaban J connectivity index is 1.91. The zero-order valence-corrected chi connectivity index (χ0v) is 13.7. The molecule has 0 saturated carbocycles. The van der Waals surface area contributed by atoms with Gasteiger partial charge in [-0.1, -0.05) is 55.8 Å².